The fraction of sp³-hybridized carbons (Fsp3) is 0.600. The van der Waals surface area contributed by atoms with Crippen LogP contribution in [0.5, 0.6) is 0 Å². The summed E-state index contributed by atoms with van der Waals surface area (Å²) in [6, 6.07) is 4.14. The number of ether oxygens (including phenoxy) is 1. The Bertz CT molecular complexity index is 750. The van der Waals surface area contributed by atoms with E-state index in [9.17, 15) is 4.79 Å². The van der Waals surface area contributed by atoms with Crippen LogP contribution in [0.2, 0.25) is 0 Å². The van der Waals surface area contributed by atoms with Crippen molar-refractivity contribution in [3.63, 3.8) is 0 Å². The number of benzene rings is 1. The fourth-order valence-electron chi connectivity index (χ4n) is 3.44. The van der Waals surface area contributed by atoms with Crippen molar-refractivity contribution in [3.8, 4) is 0 Å². The monoisotopic (exact) mass is 358 g/mol. The predicted molar refractivity (Wildman–Crippen MR) is 104 cm³/mol. The minimum Gasteiger partial charge on any atom is -0.378 e. The molecule has 142 valence electrons. The Kier molecular flexibility index (Phi) is 6.14. The standard InChI is InChI=1S/C20H30N4O2/c1-14-8-9-17-19(15(14)2)23-18(22-17)10-11-21-20(25)24(3)12-4-6-16-7-5-13-26-16/h8-9,16H,4-7,10-13H2,1-3H3,(H,21,25)(H,22,23)/t16-/m1/s1. The molecule has 6 heteroatoms. The average molecular weight is 358 g/mol. The molecule has 6 nitrogen and oxygen atoms in total. The van der Waals surface area contributed by atoms with Gasteiger partial charge in [-0.3, -0.25) is 0 Å². The lowest BCUT2D eigenvalue weighted by atomic mass is 10.1. The minimum absolute atomic E-state index is 0.0273. The van der Waals surface area contributed by atoms with E-state index in [1.807, 2.05) is 7.05 Å². The largest absolute Gasteiger partial charge is 0.378 e. The summed E-state index contributed by atoms with van der Waals surface area (Å²) >= 11 is 0. The highest BCUT2D eigenvalue weighted by atomic mass is 16.5. The van der Waals surface area contributed by atoms with Crippen molar-refractivity contribution in [1.82, 2.24) is 20.2 Å². The number of hydrogen-bond donors (Lipinski definition) is 2. The van der Waals surface area contributed by atoms with Crippen LogP contribution in [0.25, 0.3) is 11.0 Å². The quantitative estimate of drug-likeness (QED) is 0.798. The number of aryl methyl sites for hydroxylation is 2. The molecule has 0 bridgehead atoms. The molecule has 2 aromatic rings. The highest BCUT2D eigenvalue weighted by Gasteiger charge is 2.16. The van der Waals surface area contributed by atoms with Crippen LogP contribution in [0.4, 0.5) is 4.79 Å². The van der Waals surface area contributed by atoms with Crippen molar-refractivity contribution < 1.29 is 9.53 Å². The van der Waals surface area contributed by atoms with Crippen LogP contribution in [-0.2, 0) is 11.2 Å². The van der Waals surface area contributed by atoms with E-state index in [1.54, 1.807) is 4.90 Å². The summed E-state index contributed by atoms with van der Waals surface area (Å²) in [7, 11) is 1.85. The number of aromatic nitrogens is 2. The first kappa shape index (κ1) is 18.7. The second kappa shape index (κ2) is 8.54. The smallest absolute Gasteiger partial charge is 0.317 e. The van der Waals surface area contributed by atoms with Crippen LogP contribution >= 0.6 is 0 Å². The van der Waals surface area contributed by atoms with E-state index in [1.165, 1.54) is 17.5 Å². The number of hydrogen-bond acceptors (Lipinski definition) is 3. The Hall–Kier alpha value is -2.08. The molecule has 1 aliphatic rings. The van der Waals surface area contributed by atoms with Gasteiger partial charge in [0.2, 0.25) is 0 Å². The minimum atomic E-state index is -0.0273. The van der Waals surface area contributed by atoms with Crippen molar-refractivity contribution >= 4 is 17.1 Å². The van der Waals surface area contributed by atoms with Gasteiger partial charge in [-0.25, -0.2) is 9.78 Å². The van der Waals surface area contributed by atoms with Gasteiger partial charge >= 0.3 is 6.03 Å². The van der Waals surface area contributed by atoms with E-state index >= 15 is 0 Å². The first-order valence-electron chi connectivity index (χ1n) is 9.60. The summed E-state index contributed by atoms with van der Waals surface area (Å²) in [4.78, 5) is 22.0. The Balaban J connectivity index is 1.40. The molecule has 0 unspecified atom stereocenters. The first-order valence-corrected chi connectivity index (χ1v) is 9.60. The number of amides is 2. The van der Waals surface area contributed by atoms with E-state index < -0.39 is 0 Å². The molecular formula is C20H30N4O2. The van der Waals surface area contributed by atoms with Gasteiger partial charge in [0, 0.05) is 33.2 Å². The zero-order chi connectivity index (χ0) is 18.5. The molecule has 1 aromatic heterocycles. The fourth-order valence-corrected chi connectivity index (χ4v) is 3.44. The molecule has 1 saturated heterocycles. The molecule has 0 spiro atoms. The van der Waals surface area contributed by atoms with Crippen molar-refractivity contribution in [1.29, 1.82) is 0 Å². The van der Waals surface area contributed by atoms with E-state index in [-0.39, 0.29) is 6.03 Å². The van der Waals surface area contributed by atoms with Crippen molar-refractivity contribution in [2.75, 3.05) is 26.7 Å². The van der Waals surface area contributed by atoms with Crippen LogP contribution in [-0.4, -0.2) is 53.7 Å². The molecule has 3 rings (SSSR count). The van der Waals surface area contributed by atoms with Gasteiger partial charge in [-0.15, -0.1) is 0 Å². The predicted octanol–water partition coefficient (Wildman–Crippen LogP) is 3.32. The lowest BCUT2D eigenvalue weighted by Gasteiger charge is -2.18. The van der Waals surface area contributed by atoms with Gasteiger partial charge in [0.1, 0.15) is 5.82 Å². The van der Waals surface area contributed by atoms with Gasteiger partial charge in [-0.05, 0) is 56.7 Å². The molecule has 2 heterocycles. The zero-order valence-electron chi connectivity index (χ0n) is 16.1. The molecule has 2 N–H and O–H groups in total. The number of nitrogens with zero attached hydrogens (tertiary/aromatic N) is 2. The van der Waals surface area contributed by atoms with Crippen LogP contribution in [0.15, 0.2) is 12.1 Å². The van der Waals surface area contributed by atoms with Gasteiger partial charge in [-0.1, -0.05) is 6.07 Å². The zero-order valence-corrected chi connectivity index (χ0v) is 16.1. The third-order valence-corrected chi connectivity index (χ3v) is 5.26. The summed E-state index contributed by atoms with van der Waals surface area (Å²) in [6.07, 6.45) is 5.44. The number of aromatic amines is 1. The first-order chi connectivity index (χ1) is 12.5. The number of nitrogens with one attached hydrogen (secondary N) is 2. The number of fused-ring (bicyclic) bond motifs is 1. The van der Waals surface area contributed by atoms with Gasteiger partial charge in [0.05, 0.1) is 17.1 Å². The van der Waals surface area contributed by atoms with E-state index in [4.69, 9.17) is 4.74 Å². The van der Waals surface area contributed by atoms with E-state index in [0.717, 1.165) is 49.3 Å². The lowest BCUT2D eigenvalue weighted by Crippen LogP contribution is -2.39. The Morgan fingerprint density at radius 3 is 3.04 bits per heavy atom. The molecule has 2 amide bonds. The van der Waals surface area contributed by atoms with Crippen molar-refractivity contribution in [3.05, 3.63) is 29.1 Å². The lowest BCUT2D eigenvalue weighted by molar-refractivity contribution is 0.100. The van der Waals surface area contributed by atoms with Crippen LogP contribution in [0.3, 0.4) is 0 Å². The molecule has 1 fully saturated rings. The molecule has 1 atom stereocenters. The maximum absolute atomic E-state index is 12.2. The normalized spacial score (nSPS) is 17.0. The number of rotatable bonds is 7. The van der Waals surface area contributed by atoms with Gasteiger partial charge in [0.25, 0.3) is 0 Å². The van der Waals surface area contributed by atoms with Gasteiger partial charge in [-0.2, -0.15) is 0 Å². The molecule has 26 heavy (non-hydrogen) atoms. The third-order valence-electron chi connectivity index (χ3n) is 5.26. The van der Waals surface area contributed by atoms with Gasteiger partial charge < -0.3 is 19.9 Å². The SMILES string of the molecule is Cc1ccc2[nH]c(CCNC(=O)N(C)CCC[C@@H]3CCCO3)nc2c1C. The third kappa shape index (κ3) is 4.55. The number of carbonyl (C=O) groups is 1. The number of carbonyl (C=O) groups excluding carboxylic acids is 1. The summed E-state index contributed by atoms with van der Waals surface area (Å²) in [5, 5.41) is 2.98. The Labute approximate surface area is 155 Å². The van der Waals surface area contributed by atoms with Crippen LogP contribution in [0.1, 0.15) is 42.6 Å². The molecule has 0 radical (unpaired) electrons. The van der Waals surface area contributed by atoms with Crippen LogP contribution in [0, 0.1) is 13.8 Å². The maximum atomic E-state index is 12.2. The van der Waals surface area contributed by atoms with Crippen molar-refractivity contribution in [2.45, 2.75) is 52.1 Å². The summed E-state index contributed by atoms with van der Waals surface area (Å²) in [5.41, 5.74) is 4.53. The summed E-state index contributed by atoms with van der Waals surface area (Å²) < 4.78 is 5.62. The van der Waals surface area contributed by atoms with E-state index in [0.29, 0.717) is 19.1 Å². The maximum Gasteiger partial charge on any atom is 0.317 e. The number of imidazole rings is 1. The topological polar surface area (TPSA) is 70.2 Å². The molecule has 0 saturated carbocycles. The second-order valence-corrected chi connectivity index (χ2v) is 7.27. The molecule has 1 aromatic carbocycles. The second-order valence-electron chi connectivity index (χ2n) is 7.27. The van der Waals surface area contributed by atoms with Crippen LogP contribution < -0.4 is 5.32 Å². The highest BCUT2D eigenvalue weighted by molar-refractivity contribution is 5.79. The highest BCUT2D eigenvalue weighted by Crippen LogP contribution is 2.19. The summed E-state index contributed by atoms with van der Waals surface area (Å²) in [6.45, 7) is 6.41. The average Bonchev–Trinajstić information content (AvgIpc) is 3.28. The van der Waals surface area contributed by atoms with E-state index in [2.05, 4.69) is 41.3 Å². The summed E-state index contributed by atoms with van der Waals surface area (Å²) in [5.74, 6) is 0.912. The molecule has 1 aliphatic heterocycles. The number of urea groups is 1. The number of H-pyrrole nitrogens is 1. The van der Waals surface area contributed by atoms with Crippen molar-refractivity contribution in [2.24, 2.45) is 0 Å². The molecule has 0 aliphatic carbocycles. The molecular weight excluding hydrogens is 328 g/mol. The van der Waals surface area contributed by atoms with Gasteiger partial charge in [0.15, 0.2) is 0 Å². The Morgan fingerprint density at radius 2 is 2.27 bits per heavy atom. The Morgan fingerprint density at radius 1 is 1.42 bits per heavy atom.